The first-order valence-corrected chi connectivity index (χ1v) is 5.42. The van der Waals surface area contributed by atoms with Crippen LogP contribution in [0.1, 0.15) is 0 Å². The van der Waals surface area contributed by atoms with Crippen molar-refractivity contribution in [3.05, 3.63) is 47.1 Å². The van der Waals surface area contributed by atoms with E-state index < -0.39 is 0 Å². The summed E-state index contributed by atoms with van der Waals surface area (Å²) in [6.07, 6.45) is 2.78. The van der Waals surface area contributed by atoms with Gasteiger partial charge >= 0.3 is 0 Å². The van der Waals surface area contributed by atoms with Crippen molar-refractivity contribution in [1.82, 2.24) is 19.7 Å². The summed E-state index contributed by atoms with van der Waals surface area (Å²) in [5, 5.41) is 4.54. The summed E-state index contributed by atoms with van der Waals surface area (Å²) in [7, 11) is 0. The molecule has 19 heavy (non-hydrogen) atoms. The lowest BCUT2D eigenvalue weighted by atomic mass is 10.3. The van der Waals surface area contributed by atoms with Gasteiger partial charge < -0.3 is 9.72 Å². The fourth-order valence-electron chi connectivity index (χ4n) is 1.77. The quantitative estimate of drug-likeness (QED) is 0.694. The molecule has 0 amide bonds. The maximum atomic E-state index is 11.6. The number of aromatic amines is 1. The first-order valence-electron chi connectivity index (χ1n) is 5.42. The maximum Gasteiger partial charge on any atom is 0.298 e. The van der Waals surface area contributed by atoms with Crippen molar-refractivity contribution in [2.45, 2.75) is 0 Å². The van der Waals surface area contributed by atoms with Crippen molar-refractivity contribution in [3.63, 3.8) is 0 Å². The van der Waals surface area contributed by atoms with Gasteiger partial charge in [-0.3, -0.25) is 9.59 Å². The van der Waals surface area contributed by atoms with Crippen LogP contribution < -0.4 is 10.3 Å². The Bertz CT molecular complexity index is 789. The van der Waals surface area contributed by atoms with Crippen LogP contribution in [0.4, 0.5) is 0 Å². The second kappa shape index (κ2) is 4.37. The van der Waals surface area contributed by atoms with E-state index in [-0.39, 0.29) is 5.56 Å². The molecule has 2 aromatic heterocycles. The molecule has 0 aliphatic rings. The van der Waals surface area contributed by atoms with Gasteiger partial charge in [0.25, 0.3) is 12.0 Å². The number of hydrogen-bond donors (Lipinski definition) is 1. The van der Waals surface area contributed by atoms with E-state index in [1.165, 1.54) is 17.2 Å². The molecule has 0 aliphatic heterocycles. The van der Waals surface area contributed by atoms with Gasteiger partial charge in [0, 0.05) is 0 Å². The number of carbonyl (C=O) groups excluding carboxylic acids is 1. The minimum Gasteiger partial charge on any atom is -0.429 e. The highest BCUT2D eigenvalue weighted by Crippen LogP contribution is 2.17. The van der Waals surface area contributed by atoms with Crippen LogP contribution in [0.3, 0.4) is 0 Å². The molecule has 0 aliphatic carbocycles. The van der Waals surface area contributed by atoms with Gasteiger partial charge in [0.1, 0.15) is 11.1 Å². The summed E-state index contributed by atoms with van der Waals surface area (Å²) in [6.45, 7) is 0.361. The van der Waals surface area contributed by atoms with E-state index in [1.807, 2.05) is 0 Å². The van der Waals surface area contributed by atoms with E-state index in [9.17, 15) is 9.59 Å². The zero-order valence-corrected chi connectivity index (χ0v) is 9.61. The minimum atomic E-state index is -0.239. The average molecular weight is 256 g/mol. The number of nitrogens with one attached hydrogen (secondary N) is 1. The summed E-state index contributed by atoms with van der Waals surface area (Å²) in [4.78, 5) is 28.3. The van der Waals surface area contributed by atoms with E-state index in [0.29, 0.717) is 28.9 Å². The molecule has 0 saturated carbocycles. The van der Waals surface area contributed by atoms with Gasteiger partial charge in [-0.2, -0.15) is 5.10 Å². The molecule has 0 unspecified atom stereocenters. The lowest BCUT2D eigenvalue weighted by molar-refractivity contribution is -0.120. The topological polar surface area (TPSA) is 89.9 Å². The average Bonchev–Trinajstić information content (AvgIpc) is 2.85. The summed E-state index contributed by atoms with van der Waals surface area (Å²) in [5.74, 6) is 0.431. The maximum absolute atomic E-state index is 11.6. The van der Waals surface area contributed by atoms with Gasteiger partial charge in [0.05, 0.1) is 18.2 Å². The Morgan fingerprint density at radius 1 is 1.26 bits per heavy atom. The molecular weight excluding hydrogens is 248 g/mol. The van der Waals surface area contributed by atoms with Gasteiger partial charge in [0.2, 0.25) is 0 Å². The summed E-state index contributed by atoms with van der Waals surface area (Å²) in [5.41, 5.74) is 0.941. The standard InChI is InChI=1S/C12H8N4O3/c17-7-19-9-3-1-8(2-4-9)16-11-10(5-15-16)12(18)14-6-13-11/h1-7H,(H,13,14,18). The number of aromatic nitrogens is 4. The van der Waals surface area contributed by atoms with Gasteiger partial charge in [0.15, 0.2) is 5.65 Å². The molecule has 0 saturated heterocycles. The third kappa shape index (κ3) is 1.86. The molecule has 0 radical (unpaired) electrons. The lowest BCUT2D eigenvalue weighted by Crippen LogP contribution is -2.06. The zero-order chi connectivity index (χ0) is 13.2. The van der Waals surface area contributed by atoms with Crippen LogP contribution >= 0.6 is 0 Å². The van der Waals surface area contributed by atoms with Crippen molar-refractivity contribution in [3.8, 4) is 11.4 Å². The van der Waals surface area contributed by atoms with E-state index in [1.54, 1.807) is 24.3 Å². The molecule has 0 fully saturated rings. The molecule has 7 nitrogen and oxygen atoms in total. The minimum absolute atomic E-state index is 0.239. The highest BCUT2D eigenvalue weighted by molar-refractivity contribution is 5.74. The highest BCUT2D eigenvalue weighted by atomic mass is 16.5. The Kier molecular flexibility index (Phi) is 2.57. The molecule has 0 bridgehead atoms. The predicted molar refractivity (Wildman–Crippen MR) is 66.2 cm³/mol. The van der Waals surface area contributed by atoms with Gasteiger partial charge in [-0.25, -0.2) is 9.67 Å². The molecule has 1 N–H and O–H groups in total. The molecule has 2 heterocycles. The number of rotatable bonds is 3. The van der Waals surface area contributed by atoms with Crippen LogP contribution in [0.25, 0.3) is 16.7 Å². The van der Waals surface area contributed by atoms with E-state index >= 15 is 0 Å². The second-order valence-corrected chi connectivity index (χ2v) is 3.73. The lowest BCUT2D eigenvalue weighted by Gasteiger charge is -2.03. The molecule has 3 aromatic rings. The third-order valence-electron chi connectivity index (χ3n) is 2.64. The molecule has 94 valence electrons. The normalized spacial score (nSPS) is 10.5. The van der Waals surface area contributed by atoms with Crippen LogP contribution in [0.15, 0.2) is 41.6 Å². The number of hydrogen-bond acceptors (Lipinski definition) is 5. The van der Waals surface area contributed by atoms with Gasteiger partial charge in [-0.05, 0) is 24.3 Å². The molecular formula is C12H8N4O3. The van der Waals surface area contributed by atoms with Crippen molar-refractivity contribution < 1.29 is 9.53 Å². The number of benzene rings is 1. The second-order valence-electron chi connectivity index (χ2n) is 3.73. The first kappa shape index (κ1) is 11.1. The van der Waals surface area contributed by atoms with E-state index in [4.69, 9.17) is 4.74 Å². The summed E-state index contributed by atoms with van der Waals surface area (Å²) in [6, 6.07) is 6.69. The third-order valence-corrected chi connectivity index (χ3v) is 2.64. The summed E-state index contributed by atoms with van der Waals surface area (Å²) < 4.78 is 6.24. The van der Waals surface area contributed by atoms with Gasteiger partial charge in [-0.15, -0.1) is 0 Å². The smallest absolute Gasteiger partial charge is 0.298 e. The fraction of sp³-hybridized carbons (Fsp3) is 0. The number of nitrogens with zero attached hydrogens (tertiary/aromatic N) is 3. The number of ether oxygens (including phenoxy) is 1. The Balaban J connectivity index is 2.11. The van der Waals surface area contributed by atoms with Crippen LogP contribution in [0.5, 0.6) is 5.75 Å². The zero-order valence-electron chi connectivity index (χ0n) is 9.61. The molecule has 1 aromatic carbocycles. The molecule has 0 atom stereocenters. The molecule has 7 heteroatoms. The van der Waals surface area contributed by atoms with Crippen molar-refractivity contribution >= 4 is 17.5 Å². The van der Waals surface area contributed by atoms with Gasteiger partial charge in [-0.1, -0.05) is 0 Å². The van der Waals surface area contributed by atoms with E-state index in [0.717, 1.165) is 0 Å². The van der Waals surface area contributed by atoms with Crippen LogP contribution in [0, 0.1) is 0 Å². The Labute approximate surface area is 106 Å². The van der Waals surface area contributed by atoms with Crippen molar-refractivity contribution in [1.29, 1.82) is 0 Å². The van der Waals surface area contributed by atoms with Crippen LogP contribution in [0.2, 0.25) is 0 Å². The Morgan fingerprint density at radius 3 is 2.79 bits per heavy atom. The predicted octanol–water partition coefficient (Wildman–Crippen LogP) is 0.644. The van der Waals surface area contributed by atoms with Crippen LogP contribution in [-0.4, -0.2) is 26.2 Å². The number of H-pyrrole nitrogens is 1. The number of carbonyl (C=O) groups is 1. The fourth-order valence-corrected chi connectivity index (χ4v) is 1.77. The Hall–Kier alpha value is -2.96. The largest absolute Gasteiger partial charge is 0.429 e. The Morgan fingerprint density at radius 2 is 2.05 bits per heavy atom. The molecule has 0 spiro atoms. The first-order chi connectivity index (χ1) is 9.29. The van der Waals surface area contributed by atoms with Crippen molar-refractivity contribution in [2.24, 2.45) is 0 Å². The summed E-state index contributed by atoms with van der Waals surface area (Å²) >= 11 is 0. The molecule has 3 rings (SSSR count). The van der Waals surface area contributed by atoms with Crippen molar-refractivity contribution in [2.75, 3.05) is 0 Å². The number of fused-ring (bicyclic) bond motifs is 1. The SMILES string of the molecule is O=COc1ccc(-n2ncc3c(=O)[nH]cnc32)cc1. The monoisotopic (exact) mass is 256 g/mol. The van der Waals surface area contributed by atoms with E-state index in [2.05, 4.69) is 15.1 Å². The van der Waals surface area contributed by atoms with Crippen LogP contribution in [-0.2, 0) is 4.79 Å². The highest BCUT2D eigenvalue weighted by Gasteiger charge is 2.08.